The molecule has 0 heterocycles. The molecule has 0 aromatic heterocycles. The molecular weight excluding hydrogens is 557 g/mol. The number of allylic oxidation sites excluding steroid dienone is 2. The Morgan fingerprint density at radius 1 is 0.932 bits per heavy atom. The molecule has 238 valence electrons. The minimum atomic E-state index is -1.72. The van der Waals surface area contributed by atoms with Gasteiger partial charge in [0.2, 0.25) is 0 Å². The van der Waals surface area contributed by atoms with Crippen LogP contribution >= 0.6 is 0 Å². The maximum atomic E-state index is 14.4. The number of Topliss-reactive ketones (excluding diaryl/α,β-unsaturated/α-hetero) is 1. The maximum Gasteiger partial charge on any atom is 0.159 e. The third kappa shape index (κ3) is 5.07. The first kappa shape index (κ1) is 31.8. The molecule has 44 heavy (non-hydrogen) atoms. The second-order valence-corrected chi connectivity index (χ2v) is 21.3. The van der Waals surface area contributed by atoms with Gasteiger partial charge in [0.05, 0.1) is 21.8 Å². The normalized spacial score (nSPS) is 33.8. The summed E-state index contributed by atoms with van der Waals surface area (Å²) in [6.07, 6.45) is 7.98. The molecule has 0 N–H and O–H groups in total. The number of rotatable bonds is 8. The number of fused-ring (bicyclic) bond motifs is 4. The van der Waals surface area contributed by atoms with Gasteiger partial charge in [0, 0.05) is 13.0 Å². The van der Waals surface area contributed by atoms with Crippen LogP contribution in [0.2, 0.25) is 18.6 Å². The Labute approximate surface area is 268 Å². The molecule has 3 fully saturated rings. The van der Waals surface area contributed by atoms with Gasteiger partial charge in [-0.05, 0) is 101 Å². The van der Waals surface area contributed by atoms with Gasteiger partial charge in [0.25, 0.3) is 0 Å². The van der Waals surface area contributed by atoms with E-state index in [-0.39, 0.29) is 16.2 Å². The van der Waals surface area contributed by atoms with Gasteiger partial charge in [-0.1, -0.05) is 107 Å². The van der Waals surface area contributed by atoms with E-state index in [9.17, 15) is 4.79 Å². The van der Waals surface area contributed by atoms with Gasteiger partial charge in [-0.2, -0.15) is 0 Å². The van der Waals surface area contributed by atoms with Crippen LogP contribution in [0.5, 0.6) is 5.75 Å². The summed E-state index contributed by atoms with van der Waals surface area (Å²) in [5.41, 5.74) is 5.19. The molecule has 4 aliphatic carbocycles. The standard InChI is InChI=1S/C40H56O3Si/c1-27(25-43-26-28-14-16-29(42-6)17-15-28)31-18-19-32-37-33(20-22-39(31,32)4)40(5)23-21-36(38(2,3)35(40)24-34(37)41)44(7,8)30-12-10-9-11-13-30/h9-17,27,31,33,35-36H,18-26H2,1-8H3/t27-,31-,33+,35-,36+,39-,40-/m1/s1. The van der Waals surface area contributed by atoms with Crippen molar-refractivity contribution >= 4 is 19.0 Å². The number of carbonyl (C=O) groups excluding carboxylic acids is 1. The Morgan fingerprint density at radius 3 is 2.32 bits per heavy atom. The molecule has 0 saturated heterocycles. The average Bonchev–Trinajstić information content (AvgIpc) is 3.36. The van der Waals surface area contributed by atoms with Gasteiger partial charge < -0.3 is 9.47 Å². The van der Waals surface area contributed by atoms with Gasteiger partial charge in [-0.3, -0.25) is 4.79 Å². The molecule has 7 atom stereocenters. The van der Waals surface area contributed by atoms with E-state index in [0.717, 1.165) is 25.2 Å². The molecule has 0 radical (unpaired) electrons. The lowest BCUT2D eigenvalue weighted by atomic mass is 9.44. The molecule has 0 spiro atoms. The molecule has 4 aliphatic rings. The van der Waals surface area contributed by atoms with Gasteiger partial charge in [-0.15, -0.1) is 0 Å². The highest BCUT2D eigenvalue weighted by molar-refractivity contribution is 6.91. The van der Waals surface area contributed by atoms with Crippen molar-refractivity contribution in [2.24, 2.45) is 39.9 Å². The lowest BCUT2D eigenvalue weighted by molar-refractivity contribution is -0.132. The second-order valence-electron chi connectivity index (χ2n) is 16.6. The predicted octanol–water partition coefficient (Wildman–Crippen LogP) is 9.37. The van der Waals surface area contributed by atoms with Crippen LogP contribution in [-0.2, 0) is 16.1 Å². The Morgan fingerprint density at radius 2 is 1.64 bits per heavy atom. The molecule has 2 aromatic rings. The highest BCUT2D eigenvalue weighted by Gasteiger charge is 2.63. The lowest BCUT2D eigenvalue weighted by Gasteiger charge is -2.63. The minimum absolute atomic E-state index is 0.127. The molecule has 4 heteroatoms. The fraction of sp³-hybridized carbons (Fsp3) is 0.625. The minimum Gasteiger partial charge on any atom is -0.497 e. The molecule has 3 saturated carbocycles. The average molecular weight is 613 g/mol. The lowest BCUT2D eigenvalue weighted by Crippen LogP contribution is -2.61. The van der Waals surface area contributed by atoms with Crippen LogP contribution in [0, 0.1) is 39.9 Å². The number of methoxy groups -OCH3 is 1. The Balaban J connectivity index is 1.21. The predicted molar refractivity (Wildman–Crippen MR) is 184 cm³/mol. The fourth-order valence-electron chi connectivity index (χ4n) is 11.5. The zero-order valence-corrected chi connectivity index (χ0v) is 29.7. The van der Waals surface area contributed by atoms with Crippen LogP contribution in [0.25, 0.3) is 0 Å². The summed E-state index contributed by atoms with van der Waals surface area (Å²) >= 11 is 0. The smallest absolute Gasteiger partial charge is 0.159 e. The largest absolute Gasteiger partial charge is 0.497 e. The quantitative estimate of drug-likeness (QED) is 0.279. The Bertz CT molecular complexity index is 1390. The number of carbonyl (C=O) groups is 1. The summed E-state index contributed by atoms with van der Waals surface area (Å²) in [5, 5.41) is 1.57. The van der Waals surface area contributed by atoms with Gasteiger partial charge in [0.1, 0.15) is 5.75 Å². The summed E-state index contributed by atoms with van der Waals surface area (Å²) in [4.78, 5) is 14.4. The molecule has 0 unspecified atom stereocenters. The van der Waals surface area contributed by atoms with Crippen molar-refractivity contribution in [3.8, 4) is 5.75 Å². The summed E-state index contributed by atoms with van der Waals surface area (Å²) in [7, 11) is -0.0213. The van der Waals surface area contributed by atoms with E-state index < -0.39 is 8.07 Å². The first-order valence-electron chi connectivity index (χ1n) is 17.4. The van der Waals surface area contributed by atoms with Crippen molar-refractivity contribution in [3.63, 3.8) is 0 Å². The van der Waals surface area contributed by atoms with E-state index >= 15 is 0 Å². The van der Waals surface area contributed by atoms with Gasteiger partial charge in [0.15, 0.2) is 5.78 Å². The molecular formula is C40H56O3Si. The van der Waals surface area contributed by atoms with Crippen LogP contribution in [0.4, 0.5) is 0 Å². The second kappa shape index (κ2) is 11.6. The molecule has 0 aliphatic heterocycles. The van der Waals surface area contributed by atoms with E-state index in [1.54, 1.807) is 17.9 Å². The monoisotopic (exact) mass is 612 g/mol. The molecule has 2 aromatic carbocycles. The Hall–Kier alpha value is -2.17. The van der Waals surface area contributed by atoms with Gasteiger partial charge in [-0.25, -0.2) is 0 Å². The molecule has 6 rings (SSSR count). The van der Waals surface area contributed by atoms with Crippen LogP contribution < -0.4 is 9.92 Å². The highest BCUT2D eigenvalue weighted by atomic mass is 28.3. The molecule has 0 bridgehead atoms. The summed E-state index contributed by atoms with van der Waals surface area (Å²) in [5.74, 6) is 3.30. The van der Waals surface area contributed by atoms with E-state index in [4.69, 9.17) is 9.47 Å². The zero-order valence-electron chi connectivity index (χ0n) is 28.7. The van der Waals surface area contributed by atoms with E-state index in [2.05, 4.69) is 90.2 Å². The van der Waals surface area contributed by atoms with E-state index in [1.165, 1.54) is 43.2 Å². The SMILES string of the molecule is COc1ccc(COC[C@@H](C)[C@H]2CCC3=C4C(=O)C[C@@H]5C(C)(C)[C@@H]([Si](C)(C)c6ccccc6)CC[C@]5(C)[C@H]4CC[C@@]32C)cc1. The van der Waals surface area contributed by atoms with Crippen molar-refractivity contribution < 1.29 is 14.3 Å². The van der Waals surface area contributed by atoms with Crippen molar-refractivity contribution in [1.29, 1.82) is 0 Å². The number of benzene rings is 2. The van der Waals surface area contributed by atoms with Crippen molar-refractivity contribution in [2.75, 3.05) is 13.7 Å². The van der Waals surface area contributed by atoms with Crippen molar-refractivity contribution in [2.45, 2.75) is 105 Å². The summed E-state index contributed by atoms with van der Waals surface area (Å²) < 4.78 is 11.6. The first-order chi connectivity index (χ1) is 20.8. The zero-order chi connectivity index (χ0) is 31.5. The van der Waals surface area contributed by atoms with Crippen LogP contribution in [0.3, 0.4) is 0 Å². The molecule has 0 amide bonds. The number of ketones is 1. The van der Waals surface area contributed by atoms with Gasteiger partial charge >= 0.3 is 0 Å². The number of hydrogen-bond donors (Lipinski definition) is 0. The Kier molecular flexibility index (Phi) is 8.36. The van der Waals surface area contributed by atoms with Crippen molar-refractivity contribution in [3.05, 3.63) is 71.3 Å². The fourth-order valence-corrected chi connectivity index (χ4v) is 15.9. The molecule has 3 nitrogen and oxygen atoms in total. The topological polar surface area (TPSA) is 35.5 Å². The summed E-state index contributed by atoms with van der Waals surface area (Å²) in [6.45, 7) is 19.1. The third-order valence-corrected chi connectivity index (χ3v) is 18.4. The maximum absolute atomic E-state index is 14.4. The van der Waals surface area contributed by atoms with Crippen LogP contribution in [0.1, 0.15) is 85.1 Å². The highest BCUT2D eigenvalue weighted by Crippen LogP contribution is 2.70. The summed E-state index contributed by atoms with van der Waals surface area (Å²) in [6, 6.07) is 19.5. The first-order valence-corrected chi connectivity index (χ1v) is 20.4. The van der Waals surface area contributed by atoms with Crippen molar-refractivity contribution in [1.82, 2.24) is 0 Å². The van der Waals surface area contributed by atoms with Crippen LogP contribution in [-0.4, -0.2) is 27.6 Å². The van der Waals surface area contributed by atoms with E-state index in [0.29, 0.717) is 41.6 Å². The van der Waals surface area contributed by atoms with E-state index in [1.807, 2.05) is 12.1 Å². The van der Waals surface area contributed by atoms with Crippen LogP contribution in [0.15, 0.2) is 65.7 Å². The number of ether oxygens (including phenoxy) is 2. The third-order valence-electron chi connectivity index (χ3n) is 13.8. The number of hydrogen-bond acceptors (Lipinski definition) is 3.